The highest BCUT2D eigenvalue weighted by atomic mass is 16.5. The molecule has 1 amide bonds. The van der Waals surface area contributed by atoms with Crippen LogP contribution >= 0.6 is 0 Å². The lowest BCUT2D eigenvalue weighted by Crippen LogP contribution is -2.16. The van der Waals surface area contributed by atoms with Crippen molar-refractivity contribution in [2.24, 2.45) is 5.73 Å². The number of rotatable bonds is 3. The summed E-state index contributed by atoms with van der Waals surface area (Å²) in [6, 6.07) is 3.73. The van der Waals surface area contributed by atoms with E-state index in [1.165, 1.54) is 30.4 Å². The molecule has 2 unspecified atom stereocenters. The molecule has 0 saturated heterocycles. The number of amides is 1. The normalized spacial score (nSPS) is 24.8. The van der Waals surface area contributed by atoms with Crippen molar-refractivity contribution in [2.75, 3.05) is 6.61 Å². The number of primary amides is 1. The van der Waals surface area contributed by atoms with Crippen LogP contribution in [0.15, 0.2) is 12.1 Å². The van der Waals surface area contributed by atoms with Gasteiger partial charge in [-0.05, 0) is 55.7 Å². The Labute approximate surface area is 101 Å². The van der Waals surface area contributed by atoms with Gasteiger partial charge >= 0.3 is 0 Å². The Balaban J connectivity index is 2.17. The summed E-state index contributed by atoms with van der Waals surface area (Å²) >= 11 is 0. The molecule has 1 saturated carbocycles. The molecule has 0 aromatic heterocycles. The largest absolute Gasteiger partial charge is 0.494 e. The van der Waals surface area contributed by atoms with Gasteiger partial charge in [0, 0.05) is 11.1 Å². The van der Waals surface area contributed by atoms with Gasteiger partial charge in [0.05, 0.1) is 6.61 Å². The van der Waals surface area contributed by atoms with E-state index in [1.807, 2.05) is 19.1 Å². The summed E-state index contributed by atoms with van der Waals surface area (Å²) < 4.78 is 5.68. The van der Waals surface area contributed by atoms with Gasteiger partial charge in [-0.3, -0.25) is 4.79 Å². The average Bonchev–Trinajstić information content (AvgIpc) is 2.90. The molecule has 3 heteroatoms. The van der Waals surface area contributed by atoms with Crippen molar-refractivity contribution in [2.45, 2.75) is 38.0 Å². The van der Waals surface area contributed by atoms with E-state index < -0.39 is 0 Å². The Morgan fingerprint density at radius 3 is 2.71 bits per heavy atom. The van der Waals surface area contributed by atoms with Crippen molar-refractivity contribution >= 4 is 5.91 Å². The van der Waals surface area contributed by atoms with Crippen molar-refractivity contribution in [1.29, 1.82) is 0 Å². The van der Waals surface area contributed by atoms with Gasteiger partial charge in [0.25, 0.3) is 0 Å². The molecule has 0 aliphatic heterocycles. The molecular weight excluding hydrogens is 214 g/mol. The quantitative estimate of drug-likeness (QED) is 0.869. The maximum atomic E-state index is 11.5. The van der Waals surface area contributed by atoms with Gasteiger partial charge < -0.3 is 10.5 Å². The summed E-state index contributed by atoms with van der Waals surface area (Å²) in [5.41, 5.74) is 8.61. The van der Waals surface area contributed by atoms with E-state index in [1.54, 1.807) is 0 Å². The summed E-state index contributed by atoms with van der Waals surface area (Å²) in [7, 11) is 0. The third-order valence-electron chi connectivity index (χ3n) is 4.06. The molecule has 17 heavy (non-hydrogen) atoms. The molecular formula is C14H17NO2. The molecule has 0 spiro atoms. The molecule has 90 valence electrons. The second kappa shape index (κ2) is 3.76. The summed E-state index contributed by atoms with van der Waals surface area (Å²) in [6.07, 6.45) is 3.58. The van der Waals surface area contributed by atoms with E-state index in [-0.39, 0.29) is 5.91 Å². The predicted octanol–water partition coefficient (Wildman–Crippen LogP) is 2.55. The number of hydrogen-bond donors (Lipinski definition) is 1. The minimum absolute atomic E-state index is 0.308. The van der Waals surface area contributed by atoms with E-state index in [0.29, 0.717) is 24.0 Å². The highest BCUT2D eigenvalue weighted by Gasteiger charge is 2.41. The number of nitrogens with two attached hydrogens (primary N) is 1. The van der Waals surface area contributed by atoms with Crippen molar-refractivity contribution in [1.82, 2.24) is 0 Å². The zero-order valence-corrected chi connectivity index (χ0v) is 10.0. The van der Waals surface area contributed by atoms with E-state index in [2.05, 4.69) is 0 Å². The molecule has 2 aliphatic rings. The SMILES string of the molecule is CCOc1ccc(C(N)=O)c2c1C1CCC2C1. The van der Waals surface area contributed by atoms with E-state index >= 15 is 0 Å². The Morgan fingerprint density at radius 1 is 1.35 bits per heavy atom. The van der Waals surface area contributed by atoms with Crippen LogP contribution in [0.2, 0.25) is 0 Å². The monoisotopic (exact) mass is 231 g/mol. The van der Waals surface area contributed by atoms with Crippen LogP contribution in [0, 0.1) is 0 Å². The van der Waals surface area contributed by atoms with Crippen molar-refractivity contribution in [3.63, 3.8) is 0 Å². The highest BCUT2D eigenvalue weighted by molar-refractivity contribution is 5.95. The van der Waals surface area contributed by atoms with E-state index in [0.717, 1.165) is 5.75 Å². The average molecular weight is 231 g/mol. The number of carbonyl (C=O) groups is 1. The summed E-state index contributed by atoms with van der Waals surface area (Å²) in [5.74, 6) is 1.75. The standard InChI is InChI=1S/C14H17NO2/c1-2-17-11-6-5-10(14(15)16)12-8-3-4-9(7-8)13(11)12/h5-6,8-9H,2-4,7H2,1H3,(H2,15,16). The maximum absolute atomic E-state index is 11.5. The predicted molar refractivity (Wildman–Crippen MR) is 65.5 cm³/mol. The van der Waals surface area contributed by atoms with Gasteiger partial charge in [0.15, 0.2) is 0 Å². The van der Waals surface area contributed by atoms with E-state index in [9.17, 15) is 4.79 Å². The van der Waals surface area contributed by atoms with Crippen molar-refractivity contribution in [3.05, 3.63) is 28.8 Å². The first-order chi connectivity index (χ1) is 8.22. The van der Waals surface area contributed by atoms with Crippen LogP contribution in [-0.4, -0.2) is 12.5 Å². The molecule has 2 aliphatic carbocycles. The van der Waals surface area contributed by atoms with Gasteiger partial charge in [-0.2, -0.15) is 0 Å². The molecule has 2 atom stereocenters. The van der Waals surface area contributed by atoms with Crippen LogP contribution < -0.4 is 10.5 Å². The third kappa shape index (κ3) is 1.45. The summed E-state index contributed by atoms with van der Waals surface area (Å²) in [5, 5.41) is 0. The van der Waals surface area contributed by atoms with Crippen LogP contribution in [0.25, 0.3) is 0 Å². The molecule has 1 aromatic carbocycles. The molecule has 3 rings (SSSR count). The Morgan fingerprint density at radius 2 is 2.06 bits per heavy atom. The maximum Gasteiger partial charge on any atom is 0.249 e. The zero-order valence-electron chi connectivity index (χ0n) is 10.0. The second-order valence-electron chi connectivity index (χ2n) is 4.94. The van der Waals surface area contributed by atoms with Gasteiger partial charge in [-0.1, -0.05) is 0 Å². The van der Waals surface area contributed by atoms with Crippen LogP contribution in [0.4, 0.5) is 0 Å². The van der Waals surface area contributed by atoms with Crippen LogP contribution in [-0.2, 0) is 0 Å². The van der Waals surface area contributed by atoms with Crippen LogP contribution in [0.1, 0.15) is 59.5 Å². The molecule has 3 nitrogen and oxygen atoms in total. The lowest BCUT2D eigenvalue weighted by molar-refractivity contribution is 0.0999. The van der Waals surface area contributed by atoms with Gasteiger partial charge in [0.2, 0.25) is 5.91 Å². The smallest absolute Gasteiger partial charge is 0.249 e. The molecule has 2 N–H and O–H groups in total. The Hall–Kier alpha value is -1.51. The van der Waals surface area contributed by atoms with Gasteiger partial charge in [-0.15, -0.1) is 0 Å². The van der Waals surface area contributed by atoms with Gasteiger partial charge in [0.1, 0.15) is 5.75 Å². The fourth-order valence-electron chi connectivity index (χ4n) is 3.48. The minimum Gasteiger partial charge on any atom is -0.494 e. The first kappa shape index (κ1) is 10.6. The first-order valence-electron chi connectivity index (χ1n) is 6.31. The number of carbonyl (C=O) groups excluding carboxylic acids is 1. The molecule has 2 bridgehead atoms. The minimum atomic E-state index is -0.308. The van der Waals surface area contributed by atoms with Gasteiger partial charge in [-0.25, -0.2) is 0 Å². The number of ether oxygens (including phenoxy) is 1. The number of hydrogen-bond acceptors (Lipinski definition) is 2. The highest BCUT2D eigenvalue weighted by Crippen LogP contribution is 2.56. The molecule has 0 radical (unpaired) electrons. The molecule has 1 aromatic rings. The van der Waals surface area contributed by atoms with Crippen LogP contribution in [0.5, 0.6) is 5.75 Å². The summed E-state index contributed by atoms with van der Waals surface area (Å²) in [6.45, 7) is 2.65. The van der Waals surface area contributed by atoms with E-state index in [4.69, 9.17) is 10.5 Å². The fourth-order valence-corrected chi connectivity index (χ4v) is 3.48. The second-order valence-corrected chi connectivity index (χ2v) is 4.94. The Kier molecular flexibility index (Phi) is 2.35. The number of fused-ring (bicyclic) bond motifs is 5. The molecule has 1 fully saturated rings. The lowest BCUT2D eigenvalue weighted by Gasteiger charge is -2.21. The lowest BCUT2D eigenvalue weighted by atomic mass is 9.87. The zero-order chi connectivity index (χ0) is 12.0. The number of benzene rings is 1. The fraction of sp³-hybridized carbons (Fsp3) is 0.500. The van der Waals surface area contributed by atoms with Crippen LogP contribution in [0.3, 0.4) is 0 Å². The first-order valence-corrected chi connectivity index (χ1v) is 6.31. The Bertz CT molecular complexity index is 481. The topological polar surface area (TPSA) is 52.3 Å². The molecule has 0 heterocycles. The van der Waals surface area contributed by atoms with Crippen molar-refractivity contribution < 1.29 is 9.53 Å². The summed E-state index contributed by atoms with van der Waals surface area (Å²) in [4.78, 5) is 11.5. The third-order valence-corrected chi connectivity index (χ3v) is 4.06. The van der Waals surface area contributed by atoms with Crippen molar-refractivity contribution in [3.8, 4) is 5.75 Å².